The van der Waals surface area contributed by atoms with Crippen LogP contribution >= 0.6 is 0 Å². The summed E-state index contributed by atoms with van der Waals surface area (Å²) in [6.07, 6.45) is 5.50. The van der Waals surface area contributed by atoms with Gasteiger partial charge in [0.05, 0.1) is 0 Å². The number of hydrogen-bond acceptors (Lipinski definition) is 0. The zero-order valence-electron chi connectivity index (χ0n) is 13.4. The number of allylic oxidation sites excluding steroid dienone is 6. The van der Waals surface area contributed by atoms with Crippen LogP contribution in [0.3, 0.4) is 0 Å². The lowest BCUT2D eigenvalue weighted by Gasteiger charge is -2.38. The molecule has 18 heavy (non-hydrogen) atoms. The maximum atomic E-state index is 4.20. The van der Waals surface area contributed by atoms with Gasteiger partial charge in [-0.3, -0.25) is 0 Å². The van der Waals surface area contributed by atoms with Crippen LogP contribution in [0.1, 0.15) is 54.9 Å². The summed E-state index contributed by atoms with van der Waals surface area (Å²) in [6, 6.07) is 0. The summed E-state index contributed by atoms with van der Waals surface area (Å²) in [5.41, 5.74) is 5.41. The maximum Gasteiger partial charge on any atom is -0.00951 e. The standard InChI is InChI=1S/C16H24.C2H6/c1-11(2)8-9-15-14(5)13(4)12(3)10-16(15,6)7;1-2/h8-9,12H,1,4,10H2,2-3,5-7H3;1-2H3/b9-8+;. The first-order chi connectivity index (χ1) is 8.25. The van der Waals surface area contributed by atoms with Crippen LogP contribution in [0.4, 0.5) is 0 Å². The highest BCUT2D eigenvalue weighted by atomic mass is 14.4. The van der Waals surface area contributed by atoms with E-state index in [1.54, 1.807) is 0 Å². The first-order valence-corrected chi connectivity index (χ1v) is 7.00. The molecule has 0 aromatic rings. The lowest BCUT2D eigenvalue weighted by Crippen LogP contribution is -2.25. The Kier molecular flexibility index (Phi) is 6.38. The van der Waals surface area contributed by atoms with Crippen molar-refractivity contribution in [2.45, 2.75) is 54.9 Å². The van der Waals surface area contributed by atoms with Gasteiger partial charge in [-0.25, -0.2) is 0 Å². The molecule has 0 amide bonds. The molecule has 1 aliphatic carbocycles. The first kappa shape index (κ1) is 17.0. The molecule has 0 heteroatoms. The van der Waals surface area contributed by atoms with Gasteiger partial charge >= 0.3 is 0 Å². The highest BCUT2D eigenvalue weighted by molar-refractivity contribution is 5.45. The van der Waals surface area contributed by atoms with Crippen LogP contribution in [-0.2, 0) is 0 Å². The Morgan fingerprint density at radius 3 is 2.28 bits per heavy atom. The third kappa shape index (κ3) is 4.01. The third-order valence-electron chi connectivity index (χ3n) is 3.56. The van der Waals surface area contributed by atoms with Crippen molar-refractivity contribution in [2.75, 3.05) is 0 Å². The Hall–Kier alpha value is -1.04. The van der Waals surface area contributed by atoms with Crippen LogP contribution in [0.5, 0.6) is 0 Å². The van der Waals surface area contributed by atoms with Gasteiger partial charge in [-0.05, 0) is 48.3 Å². The highest BCUT2D eigenvalue weighted by Gasteiger charge is 2.32. The SMILES string of the molecule is C=C(C)/C=C/C1=C(C)C(=C)C(C)CC1(C)C.CC. The van der Waals surface area contributed by atoms with Crippen molar-refractivity contribution in [1.29, 1.82) is 0 Å². The molecule has 0 aliphatic heterocycles. The molecule has 0 saturated carbocycles. The zero-order valence-corrected chi connectivity index (χ0v) is 13.4. The summed E-state index contributed by atoms with van der Waals surface area (Å²) in [5.74, 6) is 0.594. The monoisotopic (exact) mass is 246 g/mol. The van der Waals surface area contributed by atoms with E-state index in [2.05, 4.69) is 53.0 Å². The molecular formula is C18H30. The summed E-state index contributed by atoms with van der Waals surface area (Å²) in [4.78, 5) is 0. The quantitative estimate of drug-likeness (QED) is 0.518. The van der Waals surface area contributed by atoms with Crippen molar-refractivity contribution < 1.29 is 0 Å². The molecule has 0 bridgehead atoms. The molecule has 1 atom stereocenters. The second kappa shape index (κ2) is 6.78. The van der Waals surface area contributed by atoms with Gasteiger partial charge in [0.25, 0.3) is 0 Å². The van der Waals surface area contributed by atoms with E-state index < -0.39 is 0 Å². The van der Waals surface area contributed by atoms with E-state index in [1.807, 2.05) is 20.8 Å². The molecule has 1 unspecified atom stereocenters. The van der Waals surface area contributed by atoms with Crippen molar-refractivity contribution in [3.05, 3.63) is 47.6 Å². The van der Waals surface area contributed by atoms with Gasteiger partial charge in [0.15, 0.2) is 0 Å². The van der Waals surface area contributed by atoms with Crippen molar-refractivity contribution in [3.63, 3.8) is 0 Å². The van der Waals surface area contributed by atoms with Crippen LogP contribution in [0.15, 0.2) is 47.6 Å². The predicted molar refractivity (Wildman–Crippen MR) is 84.7 cm³/mol. The number of rotatable bonds is 2. The van der Waals surface area contributed by atoms with Crippen molar-refractivity contribution in [1.82, 2.24) is 0 Å². The van der Waals surface area contributed by atoms with E-state index in [9.17, 15) is 0 Å². The Bertz CT molecular complexity index is 375. The lowest BCUT2D eigenvalue weighted by atomic mass is 9.67. The molecule has 1 aliphatic rings. The molecule has 0 N–H and O–H groups in total. The van der Waals surface area contributed by atoms with Gasteiger partial charge in [0, 0.05) is 0 Å². The van der Waals surface area contributed by atoms with Gasteiger partial charge in [0.1, 0.15) is 0 Å². The van der Waals surface area contributed by atoms with E-state index >= 15 is 0 Å². The molecule has 0 fully saturated rings. The van der Waals surface area contributed by atoms with Crippen molar-refractivity contribution in [2.24, 2.45) is 11.3 Å². The summed E-state index contributed by atoms with van der Waals surface area (Å²) < 4.78 is 0. The Labute approximate surface area is 114 Å². The van der Waals surface area contributed by atoms with E-state index in [0.717, 1.165) is 5.57 Å². The Morgan fingerprint density at radius 1 is 1.33 bits per heavy atom. The fourth-order valence-corrected chi connectivity index (χ4v) is 2.62. The molecule has 0 nitrogen and oxygen atoms in total. The average Bonchev–Trinajstić information content (AvgIpc) is 2.27. The molecule has 0 radical (unpaired) electrons. The summed E-state index contributed by atoms with van der Waals surface area (Å²) in [5, 5.41) is 0. The van der Waals surface area contributed by atoms with Gasteiger partial charge in [0.2, 0.25) is 0 Å². The van der Waals surface area contributed by atoms with Crippen molar-refractivity contribution >= 4 is 0 Å². The van der Waals surface area contributed by atoms with Gasteiger partial charge in [-0.2, -0.15) is 0 Å². The minimum absolute atomic E-state index is 0.247. The molecule has 0 heterocycles. The van der Waals surface area contributed by atoms with Crippen LogP contribution in [0.25, 0.3) is 0 Å². The van der Waals surface area contributed by atoms with E-state index in [1.165, 1.54) is 23.1 Å². The van der Waals surface area contributed by atoms with E-state index in [0.29, 0.717) is 5.92 Å². The average molecular weight is 246 g/mol. The smallest absolute Gasteiger partial charge is 0.00951 e. The first-order valence-electron chi connectivity index (χ1n) is 7.00. The van der Waals surface area contributed by atoms with E-state index in [-0.39, 0.29) is 5.41 Å². The topological polar surface area (TPSA) is 0 Å². The zero-order chi connectivity index (χ0) is 14.5. The van der Waals surface area contributed by atoms with Crippen LogP contribution < -0.4 is 0 Å². The molecule has 102 valence electrons. The molecule has 1 rings (SSSR count). The second-order valence-electron chi connectivity index (χ2n) is 5.73. The molecule has 0 aromatic carbocycles. The normalized spacial score (nSPS) is 22.8. The highest BCUT2D eigenvalue weighted by Crippen LogP contribution is 2.45. The Morgan fingerprint density at radius 2 is 1.83 bits per heavy atom. The fraction of sp³-hybridized carbons (Fsp3) is 0.556. The summed E-state index contributed by atoms with van der Waals surface area (Å²) in [7, 11) is 0. The largest absolute Gasteiger partial charge is 0.0961 e. The minimum atomic E-state index is 0.247. The van der Waals surface area contributed by atoms with Gasteiger partial charge in [-0.1, -0.05) is 65.5 Å². The molecule has 0 spiro atoms. The third-order valence-corrected chi connectivity index (χ3v) is 3.56. The second-order valence-corrected chi connectivity index (χ2v) is 5.73. The van der Waals surface area contributed by atoms with Crippen LogP contribution in [0, 0.1) is 11.3 Å². The molecule has 0 aromatic heterocycles. The van der Waals surface area contributed by atoms with E-state index in [4.69, 9.17) is 0 Å². The lowest BCUT2D eigenvalue weighted by molar-refractivity contribution is 0.344. The predicted octanol–water partition coefficient (Wildman–Crippen LogP) is 6.08. The van der Waals surface area contributed by atoms with Gasteiger partial charge in [-0.15, -0.1) is 0 Å². The number of hydrogen-bond donors (Lipinski definition) is 0. The maximum absolute atomic E-state index is 4.20. The summed E-state index contributed by atoms with van der Waals surface area (Å²) >= 11 is 0. The minimum Gasteiger partial charge on any atom is -0.0961 e. The van der Waals surface area contributed by atoms with Crippen LogP contribution in [0.2, 0.25) is 0 Å². The Balaban J connectivity index is 0.00000137. The van der Waals surface area contributed by atoms with Crippen molar-refractivity contribution in [3.8, 4) is 0 Å². The molecule has 0 saturated heterocycles. The fourth-order valence-electron chi connectivity index (χ4n) is 2.62. The molecular weight excluding hydrogens is 216 g/mol. The summed E-state index contributed by atoms with van der Waals surface area (Å²) in [6.45, 7) is 23.2. The van der Waals surface area contributed by atoms with Gasteiger partial charge < -0.3 is 0 Å². The van der Waals surface area contributed by atoms with Crippen LogP contribution in [-0.4, -0.2) is 0 Å².